The fourth-order valence-corrected chi connectivity index (χ4v) is 4.78. The summed E-state index contributed by atoms with van der Waals surface area (Å²) in [5.74, 6) is -4.03. The summed E-state index contributed by atoms with van der Waals surface area (Å²) >= 11 is 37.3. The van der Waals surface area contributed by atoms with E-state index in [2.05, 4.69) is 5.32 Å². The third-order valence-corrected chi connectivity index (χ3v) is 7.32. The second-order valence-electron chi connectivity index (χ2n) is 5.51. The van der Waals surface area contributed by atoms with Gasteiger partial charge in [0.1, 0.15) is 9.71 Å². The van der Waals surface area contributed by atoms with E-state index in [-0.39, 0.29) is 10.1 Å². The first-order chi connectivity index (χ1) is 12.2. The van der Waals surface area contributed by atoms with Crippen molar-refractivity contribution in [3.63, 3.8) is 0 Å². The Morgan fingerprint density at radius 3 is 2.27 bits per heavy atom. The van der Waals surface area contributed by atoms with Crippen LogP contribution in [0.3, 0.4) is 0 Å². The molecular formula is C16H13Cl6NO3. The molecule has 4 unspecified atom stereocenters. The molecule has 1 aliphatic carbocycles. The standard InChI is InChI=1S/C16H13Cl6NO3/c1-26-14(25)8-9(13(24)23-7-5-3-2-4-6-7)16(22,15(20)21)12(19)11(18)10(8)17/h2-6,8-10,15H,1H3,(H,23,24). The summed E-state index contributed by atoms with van der Waals surface area (Å²) < 4.78 is 4.77. The predicted molar refractivity (Wildman–Crippen MR) is 107 cm³/mol. The zero-order chi connectivity index (χ0) is 19.6. The van der Waals surface area contributed by atoms with E-state index in [1.807, 2.05) is 0 Å². The maximum absolute atomic E-state index is 13.0. The Balaban J connectivity index is 2.57. The second kappa shape index (κ2) is 8.76. The summed E-state index contributed by atoms with van der Waals surface area (Å²) in [6.45, 7) is 0. The summed E-state index contributed by atoms with van der Waals surface area (Å²) in [7, 11) is 1.15. The van der Waals surface area contributed by atoms with Crippen molar-refractivity contribution < 1.29 is 14.3 Å². The SMILES string of the molecule is COC(=O)C1C(Cl)C(Cl)=C(Cl)C(Cl)(C(Cl)Cl)C1C(=O)Nc1ccccc1. The monoisotopic (exact) mass is 477 g/mol. The van der Waals surface area contributed by atoms with Crippen molar-refractivity contribution in [3.8, 4) is 0 Å². The highest BCUT2D eigenvalue weighted by Crippen LogP contribution is 2.55. The van der Waals surface area contributed by atoms with E-state index >= 15 is 0 Å². The molecule has 1 amide bonds. The van der Waals surface area contributed by atoms with Crippen LogP contribution in [0.5, 0.6) is 0 Å². The van der Waals surface area contributed by atoms with Gasteiger partial charge in [-0.05, 0) is 12.1 Å². The maximum Gasteiger partial charge on any atom is 0.311 e. The molecule has 0 heterocycles. The van der Waals surface area contributed by atoms with Gasteiger partial charge in [0, 0.05) is 5.69 Å². The van der Waals surface area contributed by atoms with E-state index in [9.17, 15) is 9.59 Å². The quantitative estimate of drug-likeness (QED) is 0.481. The molecule has 0 bridgehead atoms. The number of halogens is 6. The van der Waals surface area contributed by atoms with Crippen LogP contribution >= 0.6 is 69.6 Å². The van der Waals surface area contributed by atoms with Crippen LogP contribution < -0.4 is 5.32 Å². The lowest BCUT2D eigenvalue weighted by atomic mass is 9.74. The Bertz CT molecular complexity index is 726. The van der Waals surface area contributed by atoms with Crippen molar-refractivity contribution >= 4 is 87.2 Å². The van der Waals surface area contributed by atoms with Gasteiger partial charge in [-0.25, -0.2) is 0 Å². The van der Waals surface area contributed by atoms with Crippen molar-refractivity contribution in [3.05, 3.63) is 40.4 Å². The minimum Gasteiger partial charge on any atom is -0.469 e. The molecule has 4 atom stereocenters. The van der Waals surface area contributed by atoms with Crippen LogP contribution in [0.15, 0.2) is 40.4 Å². The van der Waals surface area contributed by atoms with Crippen LogP contribution in [0, 0.1) is 11.8 Å². The van der Waals surface area contributed by atoms with Gasteiger partial charge >= 0.3 is 5.97 Å². The summed E-state index contributed by atoms with van der Waals surface area (Å²) in [5, 5.41) is 1.21. The van der Waals surface area contributed by atoms with Gasteiger partial charge in [-0.1, -0.05) is 41.4 Å². The number of alkyl halides is 4. The highest BCUT2D eigenvalue weighted by Gasteiger charge is 2.61. The molecule has 0 saturated heterocycles. The van der Waals surface area contributed by atoms with Crippen molar-refractivity contribution in [1.82, 2.24) is 0 Å². The summed E-state index contributed by atoms with van der Waals surface area (Å²) in [5.41, 5.74) is 0.476. The largest absolute Gasteiger partial charge is 0.469 e. The van der Waals surface area contributed by atoms with Gasteiger partial charge in [0.25, 0.3) is 0 Å². The summed E-state index contributed by atoms with van der Waals surface area (Å²) in [4.78, 5) is 22.1. The van der Waals surface area contributed by atoms with E-state index in [1.165, 1.54) is 0 Å². The molecule has 0 aliphatic heterocycles. The molecule has 2 rings (SSSR count). The molecule has 1 aliphatic rings. The zero-order valence-electron chi connectivity index (χ0n) is 13.2. The van der Waals surface area contributed by atoms with E-state index in [0.29, 0.717) is 5.69 Å². The van der Waals surface area contributed by atoms with Crippen LogP contribution in [0.4, 0.5) is 5.69 Å². The van der Waals surface area contributed by atoms with Gasteiger partial charge in [0.2, 0.25) is 5.91 Å². The summed E-state index contributed by atoms with van der Waals surface area (Å²) in [6.07, 6.45) is 0. The van der Waals surface area contributed by atoms with Crippen molar-refractivity contribution in [2.75, 3.05) is 12.4 Å². The lowest BCUT2D eigenvalue weighted by Gasteiger charge is -2.44. The molecule has 0 radical (unpaired) electrons. The number of allylic oxidation sites excluding steroid dienone is 2. The Kier molecular flexibility index (Phi) is 7.39. The highest BCUT2D eigenvalue weighted by molar-refractivity contribution is 6.55. The van der Waals surface area contributed by atoms with Gasteiger partial charge in [-0.2, -0.15) is 0 Å². The molecule has 1 N–H and O–H groups in total. The number of hydrogen-bond donors (Lipinski definition) is 1. The van der Waals surface area contributed by atoms with Gasteiger partial charge in [-0.3, -0.25) is 9.59 Å². The van der Waals surface area contributed by atoms with Crippen molar-refractivity contribution in [1.29, 1.82) is 0 Å². The average molecular weight is 480 g/mol. The Hall–Kier alpha value is -0.360. The van der Waals surface area contributed by atoms with E-state index in [1.54, 1.807) is 30.3 Å². The molecule has 0 aromatic heterocycles. The molecule has 1 aromatic carbocycles. The number of benzene rings is 1. The number of hydrogen-bond acceptors (Lipinski definition) is 3. The van der Waals surface area contributed by atoms with Crippen LogP contribution in [0.2, 0.25) is 0 Å². The first-order valence-electron chi connectivity index (χ1n) is 7.26. The van der Waals surface area contributed by atoms with Gasteiger partial charge in [0.05, 0.1) is 34.4 Å². The van der Waals surface area contributed by atoms with Crippen molar-refractivity contribution in [2.45, 2.75) is 15.1 Å². The second-order valence-corrected chi connectivity index (χ2v) is 8.49. The number of rotatable bonds is 4. The van der Waals surface area contributed by atoms with E-state index in [4.69, 9.17) is 74.3 Å². The van der Waals surface area contributed by atoms with Gasteiger partial charge in [-0.15, -0.1) is 46.4 Å². The number of esters is 1. The molecule has 4 nitrogen and oxygen atoms in total. The Morgan fingerprint density at radius 2 is 1.77 bits per heavy atom. The van der Waals surface area contributed by atoms with Crippen LogP contribution in [0.25, 0.3) is 0 Å². The van der Waals surface area contributed by atoms with Crippen molar-refractivity contribution in [2.24, 2.45) is 11.8 Å². The van der Waals surface area contributed by atoms with Crippen LogP contribution in [-0.2, 0) is 14.3 Å². The Morgan fingerprint density at radius 1 is 1.19 bits per heavy atom. The molecule has 1 aromatic rings. The molecule has 0 fully saturated rings. The summed E-state index contributed by atoms with van der Waals surface area (Å²) in [6, 6.07) is 8.54. The first-order valence-corrected chi connectivity index (χ1v) is 9.71. The molecule has 10 heteroatoms. The van der Waals surface area contributed by atoms with Gasteiger partial charge in [0.15, 0.2) is 0 Å². The molecule has 26 heavy (non-hydrogen) atoms. The van der Waals surface area contributed by atoms with Crippen LogP contribution in [0.1, 0.15) is 0 Å². The number of ether oxygens (including phenoxy) is 1. The lowest BCUT2D eigenvalue weighted by Crippen LogP contribution is -2.56. The molecule has 0 saturated carbocycles. The predicted octanol–water partition coefficient (Wildman–Crippen LogP) is 5.12. The van der Waals surface area contributed by atoms with E-state index in [0.717, 1.165) is 7.11 Å². The molecular weight excluding hydrogens is 467 g/mol. The highest BCUT2D eigenvalue weighted by atomic mass is 35.5. The first kappa shape index (κ1) is 21.9. The number of methoxy groups -OCH3 is 1. The Labute approximate surface area is 180 Å². The fourth-order valence-electron chi connectivity index (χ4n) is 2.75. The number of nitrogens with one attached hydrogen (secondary N) is 1. The van der Waals surface area contributed by atoms with Crippen LogP contribution in [-0.4, -0.2) is 34.1 Å². The fraction of sp³-hybridized carbons (Fsp3) is 0.375. The zero-order valence-corrected chi connectivity index (χ0v) is 17.7. The molecule has 0 spiro atoms. The number of para-hydroxylation sites is 1. The lowest BCUT2D eigenvalue weighted by molar-refractivity contribution is -0.150. The maximum atomic E-state index is 13.0. The number of amides is 1. The normalized spacial score (nSPS) is 28.8. The van der Waals surface area contributed by atoms with E-state index < -0.39 is 38.8 Å². The minimum absolute atomic E-state index is 0.117. The molecule has 142 valence electrons. The number of anilines is 1. The number of carbonyl (C=O) groups is 2. The third-order valence-electron chi connectivity index (χ3n) is 4.03. The average Bonchev–Trinajstić information content (AvgIpc) is 2.62. The number of carbonyl (C=O) groups excluding carboxylic acids is 2. The smallest absolute Gasteiger partial charge is 0.311 e. The minimum atomic E-state index is -1.87. The van der Waals surface area contributed by atoms with Gasteiger partial charge < -0.3 is 10.1 Å². The third kappa shape index (κ3) is 3.91. The topological polar surface area (TPSA) is 55.4 Å².